The number of fused-ring (bicyclic) bond motifs is 3. The molecule has 0 fully saturated rings. The smallest absolute Gasteiger partial charge is 0.161 e. The summed E-state index contributed by atoms with van der Waals surface area (Å²) in [5.74, 6) is 1.69. The highest BCUT2D eigenvalue weighted by Gasteiger charge is 2.33. The number of benzene rings is 2. The Labute approximate surface area is 172 Å². The first-order valence-electron chi connectivity index (χ1n) is 8.97. The first-order valence-corrected chi connectivity index (χ1v) is 9.77. The third-order valence-corrected chi connectivity index (χ3v) is 6.07. The Balaban J connectivity index is 1.91. The van der Waals surface area contributed by atoms with Gasteiger partial charge in [0, 0.05) is 28.2 Å². The fourth-order valence-electron chi connectivity index (χ4n) is 3.94. The quantitative estimate of drug-likeness (QED) is 0.780. The summed E-state index contributed by atoms with van der Waals surface area (Å²) in [6.45, 7) is 0.716. The van der Waals surface area contributed by atoms with Crippen molar-refractivity contribution in [2.24, 2.45) is 5.73 Å². The van der Waals surface area contributed by atoms with E-state index in [1.54, 1.807) is 14.2 Å². The zero-order valence-corrected chi connectivity index (χ0v) is 17.3. The molecule has 2 aliphatic heterocycles. The van der Waals surface area contributed by atoms with Gasteiger partial charge < -0.3 is 20.1 Å². The number of hydrogen-bond donors (Lipinski definition) is 1. The monoisotopic (exact) mass is 437 g/mol. The summed E-state index contributed by atoms with van der Waals surface area (Å²) in [4.78, 5) is 2.03. The van der Waals surface area contributed by atoms with E-state index in [0.717, 1.165) is 33.5 Å². The van der Waals surface area contributed by atoms with Crippen molar-refractivity contribution in [1.82, 2.24) is 4.90 Å². The highest BCUT2D eigenvalue weighted by Crippen LogP contribution is 2.45. The molecule has 2 N–H and O–H groups in total. The number of nitrogens with two attached hydrogens (primary N) is 1. The van der Waals surface area contributed by atoms with Gasteiger partial charge in [0.1, 0.15) is 5.82 Å². The SMILES string of the molecule is COc1cc2c(cc1OC)C1=C[C@@H](c3ccccc3Br)C(C#N)=C(N)N1CC2. The van der Waals surface area contributed by atoms with E-state index in [9.17, 15) is 5.26 Å². The second-order valence-corrected chi connectivity index (χ2v) is 7.58. The maximum atomic E-state index is 9.82. The lowest BCUT2D eigenvalue weighted by molar-refractivity contribution is 0.353. The average Bonchev–Trinajstić information content (AvgIpc) is 2.72. The van der Waals surface area contributed by atoms with Crippen molar-refractivity contribution in [3.05, 3.63) is 75.0 Å². The van der Waals surface area contributed by atoms with E-state index in [2.05, 4.69) is 28.1 Å². The predicted molar refractivity (Wildman–Crippen MR) is 112 cm³/mol. The van der Waals surface area contributed by atoms with Crippen molar-refractivity contribution in [1.29, 1.82) is 5.26 Å². The summed E-state index contributed by atoms with van der Waals surface area (Å²) in [5, 5.41) is 9.82. The zero-order chi connectivity index (χ0) is 19.8. The number of nitrogens with zero attached hydrogens (tertiary/aromatic N) is 2. The van der Waals surface area contributed by atoms with Crippen LogP contribution in [0.1, 0.15) is 22.6 Å². The van der Waals surface area contributed by atoms with Crippen LogP contribution in [0, 0.1) is 11.3 Å². The second-order valence-electron chi connectivity index (χ2n) is 6.73. The first-order chi connectivity index (χ1) is 13.6. The highest BCUT2D eigenvalue weighted by molar-refractivity contribution is 9.10. The van der Waals surface area contributed by atoms with Gasteiger partial charge in [-0.2, -0.15) is 5.26 Å². The summed E-state index contributed by atoms with van der Waals surface area (Å²) < 4.78 is 11.9. The molecule has 0 saturated heterocycles. The van der Waals surface area contributed by atoms with Gasteiger partial charge in [-0.05, 0) is 41.8 Å². The van der Waals surface area contributed by atoms with Crippen LogP contribution in [-0.4, -0.2) is 25.7 Å². The molecule has 4 rings (SSSR count). The number of halogens is 1. The van der Waals surface area contributed by atoms with Crippen molar-refractivity contribution in [3.63, 3.8) is 0 Å². The molecule has 0 aromatic heterocycles. The molecule has 0 amide bonds. The minimum atomic E-state index is -0.217. The van der Waals surface area contributed by atoms with Gasteiger partial charge in [-0.15, -0.1) is 0 Å². The third kappa shape index (κ3) is 2.83. The summed E-state index contributed by atoms with van der Waals surface area (Å²) in [6, 6.07) is 14.3. The Hall–Kier alpha value is -2.91. The number of methoxy groups -OCH3 is 2. The zero-order valence-electron chi connectivity index (χ0n) is 15.7. The van der Waals surface area contributed by atoms with E-state index in [1.807, 2.05) is 41.3 Å². The van der Waals surface area contributed by atoms with Gasteiger partial charge >= 0.3 is 0 Å². The van der Waals surface area contributed by atoms with Crippen LogP contribution in [0.15, 0.2) is 58.3 Å². The van der Waals surface area contributed by atoms with E-state index >= 15 is 0 Å². The number of hydrogen-bond acceptors (Lipinski definition) is 5. The average molecular weight is 438 g/mol. The molecule has 0 spiro atoms. The Kier molecular flexibility index (Phi) is 4.78. The molecule has 6 heteroatoms. The van der Waals surface area contributed by atoms with Gasteiger partial charge in [0.2, 0.25) is 0 Å². The van der Waals surface area contributed by atoms with Crippen molar-refractivity contribution in [2.45, 2.75) is 12.3 Å². The van der Waals surface area contributed by atoms with Crippen LogP contribution in [0.5, 0.6) is 11.5 Å². The molecular formula is C22H20BrN3O2. The van der Waals surface area contributed by atoms with Gasteiger partial charge in [0.05, 0.1) is 25.9 Å². The standard InChI is InChI=1S/C22H20BrN3O2/c1-27-20-9-13-7-8-26-19(15(13)11-21(20)28-2)10-16(17(12-24)22(26)25)14-5-3-4-6-18(14)23/h3-6,9-11,16H,7-8,25H2,1-2H3/t16-/m0/s1. The van der Waals surface area contributed by atoms with Crippen LogP contribution in [0.3, 0.4) is 0 Å². The largest absolute Gasteiger partial charge is 0.493 e. The van der Waals surface area contributed by atoms with Crippen LogP contribution in [0.4, 0.5) is 0 Å². The second kappa shape index (κ2) is 7.25. The van der Waals surface area contributed by atoms with Gasteiger partial charge in [-0.25, -0.2) is 0 Å². The minimum Gasteiger partial charge on any atom is -0.493 e. The molecule has 0 bridgehead atoms. The maximum absolute atomic E-state index is 9.82. The van der Waals surface area contributed by atoms with Crippen molar-refractivity contribution >= 4 is 21.6 Å². The Morgan fingerprint density at radius 3 is 2.57 bits per heavy atom. The Bertz CT molecular complexity index is 1050. The lowest BCUT2D eigenvalue weighted by Gasteiger charge is -2.38. The van der Waals surface area contributed by atoms with Crippen LogP contribution in [0.2, 0.25) is 0 Å². The molecular weight excluding hydrogens is 418 g/mol. The Morgan fingerprint density at radius 1 is 1.18 bits per heavy atom. The van der Waals surface area contributed by atoms with Gasteiger partial charge in [0.25, 0.3) is 0 Å². The predicted octanol–water partition coefficient (Wildman–Crippen LogP) is 4.16. The molecule has 2 heterocycles. The molecule has 0 saturated carbocycles. The molecule has 0 radical (unpaired) electrons. The number of allylic oxidation sites excluding steroid dienone is 2. The minimum absolute atomic E-state index is 0.217. The summed E-state index contributed by atoms with van der Waals surface area (Å²) in [7, 11) is 3.27. The van der Waals surface area contributed by atoms with Gasteiger partial charge in [-0.1, -0.05) is 34.1 Å². The maximum Gasteiger partial charge on any atom is 0.161 e. The van der Waals surface area contributed by atoms with E-state index in [1.165, 1.54) is 5.56 Å². The fourth-order valence-corrected chi connectivity index (χ4v) is 4.47. The van der Waals surface area contributed by atoms with E-state index in [0.29, 0.717) is 23.7 Å². The van der Waals surface area contributed by atoms with Gasteiger partial charge in [-0.3, -0.25) is 0 Å². The van der Waals surface area contributed by atoms with E-state index < -0.39 is 0 Å². The van der Waals surface area contributed by atoms with E-state index in [-0.39, 0.29) is 5.92 Å². The molecule has 142 valence electrons. The molecule has 2 aromatic rings. The molecule has 2 aliphatic rings. The molecule has 0 aliphatic carbocycles. The molecule has 5 nitrogen and oxygen atoms in total. The third-order valence-electron chi connectivity index (χ3n) is 5.34. The lowest BCUT2D eigenvalue weighted by atomic mass is 9.84. The molecule has 0 unspecified atom stereocenters. The van der Waals surface area contributed by atoms with Crippen molar-refractivity contribution in [2.75, 3.05) is 20.8 Å². The lowest BCUT2D eigenvalue weighted by Crippen LogP contribution is -2.36. The van der Waals surface area contributed by atoms with Crippen LogP contribution < -0.4 is 15.2 Å². The molecule has 28 heavy (non-hydrogen) atoms. The van der Waals surface area contributed by atoms with Crippen LogP contribution >= 0.6 is 15.9 Å². The van der Waals surface area contributed by atoms with Crippen LogP contribution in [0.25, 0.3) is 5.70 Å². The normalized spacial score (nSPS) is 18.0. The fraction of sp³-hybridized carbons (Fsp3) is 0.227. The van der Waals surface area contributed by atoms with Gasteiger partial charge in [0.15, 0.2) is 11.5 Å². The number of nitriles is 1. The van der Waals surface area contributed by atoms with E-state index in [4.69, 9.17) is 15.2 Å². The first kappa shape index (κ1) is 18.5. The highest BCUT2D eigenvalue weighted by atomic mass is 79.9. The van der Waals surface area contributed by atoms with Crippen molar-refractivity contribution < 1.29 is 9.47 Å². The number of rotatable bonds is 3. The Morgan fingerprint density at radius 2 is 1.89 bits per heavy atom. The number of ether oxygens (including phenoxy) is 2. The summed E-state index contributed by atoms with van der Waals surface area (Å²) in [5.41, 5.74) is 11.3. The molecule has 1 atom stereocenters. The van der Waals surface area contributed by atoms with Crippen molar-refractivity contribution in [3.8, 4) is 17.6 Å². The summed E-state index contributed by atoms with van der Waals surface area (Å²) >= 11 is 3.62. The molecule has 2 aromatic carbocycles. The van der Waals surface area contributed by atoms with Crippen LogP contribution in [-0.2, 0) is 6.42 Å². The summed E-state index contributed by atoms with van der Waals surface area (Å²) in [6.07, 6.45) is 2.94. The topological polar surface area (TPSA) is 71.5 Å².